The van der Waals surface area contributed by atoms with Gasteiger partial charge in [0.15, 0.2) is 0 Å². The summed E-state index contributed by atoms with van der Waals surface area (Å²) >= 11 is 0. The second-order valence-corrected chi connectivity index (χ2v) is 7.41. The van der Waals surface area contributed by atoms with E-state index in [-0.39, 0.29) is 0 Å². The molecule has 2 N–H and O–H groups in total. The average Bonchev–Trinajstić information content (AvgIpc) is 2.28. The number of benzene rings is 1. The fourth-order valence-electron chi connectivity index (χ4n) is 3.77. The summed E-state index contributed by atoms with van der Waals surface area (Å²) in [5.74, 6) is 0.642. The summed E-state index contributed by atoms with van der Waals surface area (Å²) in [5, 5.41) is 0. The molecule has 0 aliphatic heterocycles. The molecule has 0 spiro atoms. The summed E-state index contributed by atoms with van der Waals surface area (Å²) in [6, 6.07) is 5.00. The zero-order valence-corrected chi connectivity index (χ0v) is 13.2. The normalized spacial score (nSPS) is 26.4. The topological polar surface area (TPSA) is 26.0 Å². The lowest BCUT2D eigenvalue weighted by atomic mass is 9.68. The van der Waals surface area contributed by atoms with Gasteiger partial charge in [-0.3, -0.25) is 0 Å². The maximum absolute atomic E-state index is 6.38. The Kier molecular flexibility index (Phi) is 4.06. The third-order valence-electron chi connectivity index (χ3n) is 4.88. The highest BCUT2D eigenvalue weighted by molar-refractivity contribution is 5.37. The quantitative estimate of drug-likeness (QED) is 0.841. The van der Waals surface area contributed by atoms with Crippen molar-refractivity contribution in [3.05, 3.63) is 34.4 Å². The van der Waals surface area contributed by atoms with Gasteiger partial charge in [0, 0.05) is 6.04 Å². The van der Waals surface area contributed by atoms with Crippen molar-refractivity contribution in [2.75, 3.05) is 0 Å². The SMILES string of the molecule is Cc1cc(C)c(CC2CC(C)(C)CCC2N)c(C)c1. The molecule has 1 nitrogen and oxygen atoms in total. The zero-order chi connectivity index (χ0) is 14.2. The Balaban J connectivity index is 2.21. The van der Waals surface area contributed by atoms with Crippen molar-refractivity contribution in [1.82, 2.24) is 0 Å². The van der Waals surface area contributed by atoms with Crippen molar-refractivity contribution in [3.8, 4) is 0 Å². The highest BCUT2D eigenvalue weighted by Gasteiger charge is 2.33. The van der Waals surface area contributed by atoms with Gasteiger partial charge in [-0.05, 0) is 74.5 Å². The van der Waals surface area contributed by atoms with Gasteiger partial charge in [0.05, 0.1) is 0 Å². The van der Waals surface area contributed by atoms with Gasteiger partial charge < -0.3 is 5.73 Å². The average molecular weight is 259 g/mol. The number of hydrogen-bond donors (Lipinski definition) is 1. The Morgan fingerprint density at radius 2 is 1.74 bits per heavy atom. The van der Waals surface area contributed by atoms with E-state index < -0.39 is 0 Å². The minimum atomic E-state index is 0.383. The summed E-state index contributed by atoms with van der Waals surface area (Å²) in [6.07, 6.45) is 4.88. The van der Waals surface area contributed by atoms with Gasteiger partial charge in [-0.15, -0.1) is 0 Å². The lowest BCUT2D eigenvalue weighted by Crippen LogP contribution is -2.40. The molecule has 0 aromatic heterocycles. The van der Waals surface area contributed by atoms with E-state index in [4.69, 9.17) is 5.73 Å². The van der Waals surface area contributed by atoms with Gasteiger partial charge in [-0.1, -0.05) is 31.5 Å². The van der Waals surface area contributed by atoms with Crippen LogP contribution in [0, 0.1) is 32.1 Å². The van der Waals surface area contributed by atoms with Gasteiger partial charge in [0.25, 0.3) is 0 Å². The predicted molar refractivity (Wildman–Crippen MR) is 83.5 cm³/mol. The van der Waals surface area contributed by atoms with Crippen molar-refractivity contribution in [3.63, 3.8) is 0 Å². The Morgan fingerprint density at radius 1 is 1.16 bits per heavy atom. The summed E-state index contributed by atoms with van der Waals surface area (Å²) in [6.45, 7) is 11.4. The van der Waals surface area contributed by atoms with E-state index in [1.54, 1.807) is 0 Å². The molecule has 1 saturated carbocycles. The molecule has 19 heavy (non-hydrogen) atoms. The van der Waals surface area contributed by atoms with Crippen LogP contribution in [0.1, 0.15) is 55.4 Å². The second kappa shape index (κ2) is 5.28. The van der Waals surface area contributed by atoms with E-state index in [0.717, 1.165) is 6.42 Å². The highest BCUT2D eigenvalue weighted by atomic mass is 14.7. The molecule has 1 fully saturated rings. The van der Waals surface area contributed by atoms with Crippen LogP contribution in [0.3, 0.4) is 0 Å². The van der Waals surface area contributed by atoms with Crippen molar-refractivity contribution in [2.24, 2.45) is 17.1 Å². The predicted octanol–water partition coefficient (Wildman–Crippen LogP) is 4.31. The van der Waals surface area contributed by atoms with E-state index in [0.29, 0.717) is 17.4 Å². The Bertz CT molecular complexity index is 436. The molecule has 0 radical (unpaired) electrons. The van der Waals surface area contributed by atoms with Crippen LogP contribution in [0.2, 0.25) is 0 Å². The third kappa shape index (κ3) is 3.39. The van der Waals surface area contributed by atoms with Crippen LogP contribution in [0.25, 0.3) is 0 Å². The van der Waals surface area contributed by atoms with Crippen LogP contribution >= 0.6 is 0 Å². The molecule has 2 rings (SSSR count). The molecule has 1 aromatic rings. The first-order valence-electron chi connectivity index (χ1n) is 7.61. The Morgan fingerprint density at radius 3 is 2.32 bits per heavy atom. The number of hydrogen-bond acceptors (Lipinski definition) is 1. The smallest absolute Gasteiger partial charge is 0.00707 e. The number of rotatable bonds is 2. The molecular weight excluding hydrogens is 230 g/mol. The number of nitrogens with two attached hydrogens (primary N) is 1. The highest BCUT2D eigenvalue weighted by Crippen LogP contribution is 2.40. The van der Waals surface area contributed by atoms with Gasteiger partial charge in [0.1, 0.15) is 0 Å². The fraction of sp³-hybridized carbons (Fsp3) is 0.667. The van der Waals surface area contributed by atoms with Gasteiger partial charge in [-0.2, -0.15) is 0 Å². The van der Waals surface area contributed by atoms with Crippen LogP contribution in [0.15, 0.2) is 12.1 Å². The first-order chi connectivity index (χ1) is 8.78. The number of aryl methyl sites for hydroxylation is 3. The molecule has 0 bridgehead atoms. The summed E-state index contributed by atoms with van der Waals surface area (Å²) in [4.78, 5) is 0. The van der Waals surface area contributed by atoms with E-state index >= 15 is 0 Å². The minimum Gasteiger partial charge on any atom is -0.327 e. The molecule has 1 aromatic carbocycles. The van der Waals surface area contributed by atoms with Crippen molar-refractivity contribution < 1.29 is 0 Å². The Labute approximate surface area is 118 Å². The van der Waals surface area contributed by atoms with Crippen LogP contribution in [-0.4, -0.2) is 6.04 Å². The van der Waals surface area contributed by atoms with Gasteiger partial charge in [-0.25, -0.2) is 0 Å². The van der Waals surface area contributed by atoms with E-state index in [2.05, 4.69) is 46.8 Å². The van der Waals surface area contributed by atoms with Gasteiger partial charge in [0.2, 0.25) is 0 Å². The Hall–Kier alpha value is -0.820. The van der Waals surface area contributed by atoms with E-state index in [1.165, 1.54) is 41.5 Å². The van der Waals surface area contributed by atoms with Crippen LogP contribution in [0.5, 0.6) is 0 Å². The largest absolute Gasteiger partial charge is 0.327 e. The van der Waals surface area contributed by atoms with Gasteiger partial charge >= 0.3 is 0 Å². The molecule has 1 aliphatic carbocycles. The fourth-order valence-corrected chi connectivity index (χ4v) is 3.77. The second-order valence-electron chi connectivity index (χ2n) is 7.41. The molecule has 2 unspecified atom stereocenters. The maximum atomic E-state index is 6.38. The van der Waals surface area contributed by atoms with Crippen LogP contribution < -0.4 is 5.73 Å². The summed E-state index contributed by atoms with van der Waals surface area (Å²) in [7, 11) is 0. The molecular formula is C18H29N. The maximum Gasteiger partial charge on any atom is 0.00707 e. The third-order valence-corrected chi connectivity index (χ3v) is 4.88. The van der Waals surface area contributed by atoms with E-state index in [9.17, 15) is 0 Å². The summed E-state index contributed by atoms with van der Waals surface area (Å²) < 4.78 is 0. The minimum absolute atomic E-state index is 0.383. The first-order valence-corrected chi connectivity index (χ1v) is 7.61. The molecule has 2 atom stereocenters. The standard InChI is InChI=1S/C18H29N/c1-12-8-13(2)16(14(3)9-12)10-15-11-18(4,5)7-6-17(15)19/h8-9,15,17H,6-7,10-11,19H2,1-5H3. The van der Waals surface area contributed by atoms with Crippen LogP contribution in [-0.2, 0) is 6.42 Å². The van der Waals surface area contributed by atoms with E-state index in [1.807, 2.05) is 0 Å². The lowest BCUT2D eigenvalue weighted by molar-refractivity contribution is 0.157. The molecule has 106 valence electrons. The van der Waals surface area contributed by atoms with Crippen molar-refractivity contribution in [2.45, 2.75) is 66.3 Å². The molecule has 0 amide bonds. The van der Waals surface area contributed by atoms with Crippen molar-refractivity contribution in [1.29, 1.82) is 0 Å². The lowest BCUT2D eigenvalue weighted by Gasteiger charge is -2.39. The zero-order valence-electron chi connectivity index (χ0n) is 13.2. The molecule has 0 saturated heterocycles. The molecule has 0 heterocycles. The summed E-state index contributed by atoms with van der Waals surface area (Å²) in [5.41, 5.74) is 12.6. The van der Waals surface area contributed by atoms with Crippen LogP contribution in [0.4, 0.5) is 0 Å². The molecule has 1 aliphatic rings. The van der Waals surface area contributed by atoms with Crippen molar-refractivity contribution >= 4 is 0 Å². The molecule has 1 heteroatoms. The monoisotopic (exact) mass is 259 g/mol. The first kappa shape index (κ1) is 14.6.